The van der Waals surface area contributed by atoms with Gasteiger partial charge < -0.3 is 19.8 Å². The number of para-hydroxylation sites is 1. The molecule has 0 heterocycles. The molecular weight excluding hydrogens is 322 g/mol. The molecule has 2 aromatic carbocycles. The Kier molecular flexibility index (Phi) is 4.65. The zero-order valence-corrected chi connectivity index (χ0v) is 12.5. The first-order valence-electron chi connectivity index (χ1n) is 6.41. The number of aliphatic carboxylic acids is 1. The second-order valence-corrected chi connectivity index (χ2v) is 6.31. The number of carbonyl (C=O) groups excluding carboxylic acids is 2. The molecule has 2 rings (SSSR count). The van der Waals surface area contributed by atoms with E-state index in [1.54, 1.807) is 0 Å². The van der Waals surface area contributed by atoms with Gasteiger partial charge in [-0.3, -0.25) is 4.72 Å². The summed E-state index contributed by atoms with van der Waals surface area (Å²) in [6, 6.07) is 10.6. The molecule has 0 aromatic heterocycles. The molecule has 0 amide bonds. The van der Waals surface area contributed by atoms with E-state index in [4.69, 9.17) is 0 Å². The second-order valence-electron chi connectivity index (χ2n) is 4.63. The summed E-state index contributed by atoms with van der Waals surface area (Å²) in [5, 5.41) is 21.5. The molecule has 0 aliphatic heterocycles. The molecular formula is C15H11NO6S-2. The minimum atomic E-state index is -4.02. The molecule has 0 saturated carbocycles. The fraction of sp³-hybridized carbons (Fsp3) is 0.0667. The lowest BCUT2D eigenvalue weighted by molar-refractivity contribution is -0.304. The summed E-state index contributed by atoms with van der Waals surface area (Å²) in [5.74, 6) is -2.78. The molecule has 0 fully saturated rings. The second kappa shape index (κ2) is 6.49. The van der Waals surface area contributed by atoms with Gasteiger partial charge in [0.15, 0.2) is 0 Å². The van der Waals surface area contributed by atoms with Crippen LogP contribution in [-0.4, -0.2) is 20.4 Å². The van der Waals surface area contributed by atoms with Crippen molar-refractivity contribution in [3.05, 3.63) is 59.7 Å². The van der Waals surface area contributed by atoms with Crippen molar-refractivity contribution in [1.29, 1.82) is 0 Å². The van der Waals surface area contributed by atoms with E-state index in [9.17, 15) is 28.2 Å². The molecule has 7 nitrogen and oxygen atoms in total. The van der Waals surface area contributed by atoms with E-state index >= 15 is 0 Å². The maximum Gasteiger partial charge on any atom is 0.261 e. The van der Waals surface area contributed by atoms with Crippen LogP contribution in [0.15, 0.2) is 53.4 Å². The first kappa shape index (κ1) is 16.5. The Labute approximate surface area is 132 Å². The number of aromatic carboxylic acids is 1. The Bertz CT molecular complexity index is 843. The van der Waals surface area contributed by atoms with Crippen LogP contribution in [0.2, 0.25) is 0 Å². The fourth-order valence-electron chi connectivity index (χ4n) is 1.91. The highest BCUT2D eigenvalue weighted by atomic mass is 32.2. The Morgan fingerprint density at radius 1 is 0.957 bits per heavy atom. The van der Waals surface area contributed by atoms with Crippen LogP contribution < -0.4 is 14.9 Å². The molecule has 0 saturated heterocycles. The summed E-state index contributed by atoms with van der Waals surface area (Å²) < 4.78 is 26.7. The molecule has 23 heavy (non-hydrogen) atoms. The van der Waals surface area contributed by atoms with E-state index in [1.807, 2.05) is 0 Å². The van der Waals surface area contributed by atoms with Gasteiger partial charge in [0.05, 0.1) is 16.6 Å². The highest BCUT2D eigenvalue weighted by Gasteiger charge is 2.16. The van der Waals surface area contributed by atoms with Gasteiger partial charge in [0.1, 0.15) is 0 Å². The quantitative estimate of drug-likeness (QED) is 0.733. The lowest BCUT2D eigenvalue weighted by Gasteiger charge is -2.13. The monoisotopic (exact) mass is 333 g/mol. The van der Waals surface area contributed by atoms with Crippen LogP contribution in [0.25, 0.3) is 0 Å². The van der Waals surface area contributed by atoms with E-state index in [1.165, 1.54) is 48.5 Å². The van der Waals surface area contributed by atoms with Crippen molar-refractivity contribution in [2.24, 2.45) is 0 Å². The van der Waals surface area contributed by atoms with E-state index in [-0.39, 0.29) is 22.6 Å². The number of benzene rings is 2. The molecule has 8 heteroatoms. The van der Waals surface area contributed by atoms with E-state index < -0.39 is 22.0 Å². The molecule has 0 bridgehead atoms. The van der Waals surface area contributed by atoms with Crippen molar-refractivity contribution < 1.29 is 28.2 Å². The van der Waals surface area contributed by atoms with Gasteiger partial charge in [-0.25, -0.2) is 8.42 Å². The van der Waals surface area contributed by atoms with Crippen LogP contribution in [-0.2, 0) is 21.2 Å². The van der Waals surface area contributed by atoms with E-state index in [0.717, 1.165) is 0 Å². The minimum Gasteiger partial charge on any atom is -0.550 e. The third kappa shape index (κ3) is 4.07. The number of hydrogen-bond donors (Lipinski definition) is 1. The normalized spacial score (nSPS) is 11.0. The third-order valence-corrected chi connectivity index (χ3v) is 4.35. The molecule has 0 aliphatic rings. The van der Waals surface area contributed by atoms with Gasteiger partial charge >= 0.3 is 0 Å². The smallest absolute Gasteiger partial charge is 0.261 e. The topological polar surface area (TPSA) is 126 Å². The molecule has 0 atom stereocenters. The van der Waals surface area contributed by atoms with Crippen molar-refractivity contribution in [2.75, 3.05) is 4.72 Å². The summed E-state index contributed by atoms with van der Waals surface area (Å²) in [6.45, 7) is 0. The molecule has 2 aromatic rings. The van der Waals surface area contributed by atoms with Gasteiger partial charge in [-0.15, -0.1) is 0 Å². The minimum absolute atomic E-state index is 0.119. The summed E-state index contributed by atoms with van der Waals surface area (Å²) >= 11 is 0. The number of carbonyl (C=O) groups is 2. The predicted octanol–water partition coefficient (Wildman–Crippen LogP) is -0.857. The highest BCUT2D eigenvalue weighted by Crippen LogP contribution is 2.20. The standard InChI is InChI=1S/C15H13NO6S/c17-14(18)9-10-5-7-11(8-6-10)23(21,22)16-13-4-2-1-3-12(13)15(19)20/h1-8,16H,9H2,(H,17,18)(H,19,20)/p-2. The van der Waals surface area contributed by atoms with Crippen LogP contribution in [0.3, 0.4) is 0 Å². The predicted molar refractivity (Wildman–Crippen MR) is 76.7 cm³/mol. The largest absolute Gasteiger partial charge is 0.550 e. The van der Waals surface area contributed by atoms with Crippen LogP contribution >= 0.6 is 0 Å². The number of hydrogen-bond acceptors (Lipinski definition) is 6. The zero-order valence-electron chi connectivity index (χ0n) is 11.7. The van der Waals surface area contributed by atoms with Crippen LogP contribution in [0.4, 0.5) is 5.69 Å². The SMILES string of the molecule is O=C([O-])Cc1ccc(S(=O)(=O)Nc2ccccc2C(=O)[O-])cc1. The summed E-state index contributed by atoms with van der Waals surface area (Å²) in [4.78, 5) is 21.3. The summed E-state index contributed by atoms with van der Waals surface area (Å²) in [7, 11) is -4.02. The molecule has 0 unspecified atom stereocenters. The van der Waals surface area contributed by atoms with E-state index in [2.05, 4.69) is 4.72 Å². The maximum atomic E-state index is 12.3. The highest BCUT2D eigenvalue weighted by molar-refractivity contribution is 7.92. The summed E-state index contributed by atoms with van der Waals surface area (Å²) in [5.41, 5.74) is -0.0185. The average Bonchev–Trinajstić information content (AvgIpc) is 2.47. The fourth-order valence-corrected chi connectivity index (χ4v) is 2.99. The Morgan fingerprint density at radius 2 is 1.57 bits per heavy atom. The van der Waals surface area contributed by atoms with Gasteiger partial charge in [0.2, 0.25) is 0 Å². The van der Waals surface area contributed by atoms with Crippen LogP contribution in [0.5, 0.6) is 0 Å². The molecule has 0 radical (unpaired) electrons. The molecule has 120 valence electrons. The number of anilines is 1. The van der Waals surface area contributed by atoms with Gasteiger partial charge in [0.25, 0.3) is 10.0 Å². The van der Waals surface area contributed by atoms with Crippen molar-refractivity contribution >= 4 is 27.6 Å². The lowest BCUT2D eigenvalue weighted by atomic mass is 10.2. The molecule has 0 aliphatic carbocycles. The first-order valence-corrected chi connectivity index (χ1v) is 7.90. The van der Waals surface area contributed by atoms with Crippen molar-refractivity contribution in [1.82, 2.24) is 0 Å². The zero-order chi connectivity index (χ0) is 17.0. The lowest BCUT2D eigenvalue weighted by Crippen LogP contribution is -2.25. The van der Waals surface area contributed by atoms with Crippen molar-refractivity contribution in [3.8, 4) is 0 Å². The van der Waals surface area contributed by atoms with Crippen LogP contribution in [0.1, 0.15) is 15.9 Å². The number of nitrogens with one attached hydrogen (secondary N) is 1. The first-order chi connectivity index (χ1) is 10.8. The number of carboxylic acid groups (broad SMARTS) is 2. The van der Waals surface area contributed by atoms with Crippen molar-refractivity contribution in [2.45, 2.75) is 11.3 Å². The van der Waals surface area contributed by atoms with Gasteiger partial charge in [-0.2, -0.15) is 0 Å². The van der Waals surface area contributed by atoms with Gasteiger partial charge in [0, 0.05) is 18.0 Å². The number of carboxylic acids is 2. The molecule has 0 spiro atoms. The van der Waals surface area contributed by atoms with Crippen LogP contribution in [0, 0.1) is 0 Å². The van der Waals surface area contributed by atoms with Gasteiger partial charge in [-0.05, 0) is 23.8 Å². The number of sulfonamides is 1. The average molecular weight is 333 g/mol. The Morgan fingerprint density at radius 3 is 2.13 bits per heavy atom. The van der Waals surface area contributed by atoms with Crippen molar-refractivity contribution in [3.63, 3.8) is 0 Å². The van der Waals surface area contributed by atoms with Gasteiger partial charge in [-0.1, -0.05) is 30.3 Å². The number of rotatable bonds is 6. The third-order valence-electron chi connectivity index (χ3n) is 2.97. The summed E-state index contributed by atoms with van der Waals surface area (Å²) in [6.07, 6.45) is -0.332. The maximum absolute atomic E-state index is 12.3. The Hall–Kier alpha value is -2.87. The Balaban J connectivity index is 2.29. The molecule has 1 N–H and O–H groups in total. The van der Waals surface area contributed by atoms with E-state index in [0.29, 0.717) is 5.56 Å².